The van der Waals surface area contributed by atoms with Crippen LogP contribution in [0, 0.1) is 0 Å². The minimum Gasteiger partial charge on any atom is -0.360 e. The number of piperidine rings is 1. The summed E-state index contributed by atoms with van der Waals surface area (Å²) < 4.78 is 0. The van der Waals surface area contributed by atoms with E-state index in [9.17, 15) is 0 Å². The van der Waals surface area contributed by atoms with Crippen LogP contribution < -0.4 is 5.32 Å². The molecule has 1 atom stereocenters. The largest absolute Gasteiger partial charge is 0.360 e. The van der Waals surface area contributed by atoms with Crippen LogP contribution in [0.25, 0.3) is 11.0 Å². The number of aromatic nitrogens is 2. The molecule has 1 saturated heterocycles. The molecule has 0 radical (unpaired) electrons. The van der Waals surface area contributed by atoms with Gasteiger partial charge in [0.1, 0.15) is 0 Å². The lowest BCUT2D eigenvalue weighted by atomic mass is 9.93. The summed E-state index contributed by atoms with van der Waals surface area (Å²) in [6.07, 6.45) is 6.52. The quantitative estimate of drug-likeness (QED) is 0.741. The molecule has 2 aromatic rings. The van der Waals surface area contributed by atoms with Gasteiger partial charge in [-0.1, -0.05) is 0 Å². The van der Waals surface area contributed by atoms with E-state index in [-0.39, 0.29) is 0 Å². The lowest BCUT2D eigenvalue weighted by molar-refractivity contribution is 0.461. The van der Waals surface area contributed by atoms with Crippen LogP contribution >= 0.6 is 0 Å². The number of H-pyrrole nitrogens is 1. The van der Waals surface area contributed by atoms with Crippen molar-refractivity contribution in [2.24, 2.45) is 0 Å². The van der Waals surface area contributed by atoms with Gasteiger partial charge in [-0.3, -0.25) is 4.98 Å². The van der Waals surface area contributed by atoms with Crippen molar-refractivity contribution >= 4 is 11.0 Å². The van der Waals surface area contributed by atoms with Crippen LogP contribution in [0.5, 0.6) is 0 Å². The van der Waals surface area contributed by atoms with Crippen molar-refractivity contribution in [1.29, 1.82) is 0 Å². The summed E-state index contributed by atoms with van der Waals surface area (Å²) in [4.78, 5) is 7.67. The minimum atomic E-state index is 0.638. The fourth-order valence-corrected chi connectivity index (χ4v) is 2.31. The van der Waals surface area contributed by atoms with Gasteiger partial charge in [0.25, 0.3) is 0 Å². The summed E-state index contributed by atoms with van der Waals surface area (Å²) in [6.45, 7) is 2.25. The monoisotopic (exact) mass is 201 g/mol. The van der Waals surface area contributed by atoms with E-state index in [2.05, 4.69) is 21.4 Å². The highest BCUT2D eigenvalue weighted by Crippen LogP contribution is 2.24. The number of hydrogen-bond acceptors (Lipinski definition) is 2. The molecule has 3 heterocycles. The summed E-state index contributed by atoms with van der Waals surface area (Å²) in [5.41, 5.74) is 3.57. The number of nitrogens with one attached hydrogen (secondary N) is 2. The zero-order valence-corrected chi connectivity index (χ0v) is 8.66. The predicted molar refractivity (Wildman–Crippen MR) is 60.9 cm³/mol. The van der Waals surface area contributed by atoms with Crippen LogP contribution in [-0.4, -0.2) is 23.1 Å². The Morgan fingerprint density at radius 3 is 3.27 bits per heavy atom. The molecular formula is C12H15N3. The van der Waals surface area contributed by atoms with Gasteiger partial charge in [0.05, 0.1) is 11.0 Å². The molecule has 0 saturated carbocycles. The molecule has 3 heteroatoms. The maximum Gasteiger partial charge on any atom is 0.0878 e. The van der Waals surface area contributed by atoms with E-state index in [0.29, 0.717) is 5.92 Å². The molecule has 15 heavy (non-hydrogen) atoms. The van der Waals surface area contributed by atoms with Crippen LogP contribution in [0.3, 0.4) is 0 Å². The first-order chi connectivity index (χ1) is 7.43. The molecule has 1 fully saturated rings. The topological polar surface area (TPSA) is 40.7 Å². The Balaban J connectivity index is 1.95. The van der Waals surface area contributed by atoms with Gasteiger partial charge in [0.15, 0.2) is 0 Å². The second kappa shape index (κ2) is 3.66. The normalized spacial score (nSPS) is 22.0. The van der Waals surface area contributed by atoms with Crippen LogP contribution in [-0.2, 0) is 0 Å². The highest BCUT2D eigenvalue weighted by atomic mass is 14.9. The first-order valence-electron chi connectivity index (χ1n) is 5.57. The van der Waals surface area contributed by atoms with Crippen molar-refractivity contribution in [1.82, 2.24) is 15.3 Å². The summed E-state index contributed by atoms with van der Waals surface area (Å²) in [5, 5.41) is 3.44. The van der Waals surface area contributed by atoms with Crippen molar-refractivity contribution in [3.8, 4) is 0 Å². The van der Waals surface area contributed by atoms with Gasteiger partial charge in [0, 0.05) is 18.9 Å². The SMILES string of the molecule is c1cc2ncc([C@H]3CCCNC3)cc2[nH]1. The van der Waals surface area contributed by atoms with Crippen molar-refractivity contribution in [3.63, 3.8) is 0 Å². The number of rotatable bonds is 1. The molecule has 78 valence electrons. The molecule has 0 aliphatic carbocycles. The molecule has 0 unspecified atom stereocenters. The third kappa shape index (κ3) is 1.63. The van der Waals surface area contributed by atoms with Crippen LogP contribution in [0.1, 0.15) is 24.3 Å². The summed E-state index contributed by atoms with van der Waals surface area (Å²) in [5.74, 6) is 0.638. The van der Waals surface area contributed by atoms with E-state index in [4.69, 9.17) is 0 Å². The fourth-order valence-electron chi connectivity index (χ4n) is 2.31. The van der Waals surface area contributed by atoms with Gasteiger partial charge < -0.3 is 10.3 Å². The van der Waals surface area contributed by atoms with Gasteiger partial charge >= 0.3 is 0 Å². The van der Waals surface area contributed by atoms with Gasteiger partial charge in [-0.15, -0.1) is 0 Å². The molecule has 3 rings (SSSR count). The standard InChI is InChI=1S/C12H15N3/c1-2-9(7-13-4-1)10-6-12-11(15-8-10)3-5-14-12/h3,5-6,8-9,13-14H,1-2,4,7H2/t9-/m0/s1. The molecule has 2 N–H and O–H groups in total. The number of pyridine rings is 1. The minimum absolute atomic E-state index is 0.638. The molecule has 0 bridgehead atoms. The summed E-state index contributed by atoms with van der Waals surface area (Å²) in [7, 11) is 0. The van der Waals surface area contributed by atoms with Gasteiger partial charge in [-0.25, -0.2) is 0 Å². The molecule has 3 nitrogen and oxygen atoms in total. The average molecular weight is 201 g/mol. The van der Waals surface area contributed by atoms with Crippen molar-refractivity contribution < 1.29 is 0 Å². The summed E-state index contributed by atoms with van der Waals surface area (Å²) in [6, 6.07) is 4.25. The second-order valence-electron chi connectivity index (χ2n) is 4.22. The number of fused-ring (bicyclic) bond motifs is 1. The molecule has 1 aliphatic heterocycles. The molecule has 0 aromatic carbocycles. The molecule has 2 aromatic heterocycles. The maximum absolute atomic E-state index is 4.46. The van der Waals surface area contributed by atoms with Gasteiger partial charge in [-0.2, -0.15) is 0 Å². The zero-order chi connectivity index (χ0) is 10.1. The Morgan fingerprint density at radius 1 is 1.40 bits per heavy atom. The van der Waals surface area contributed by atoms with E-state index < -0.39 is 0 Å². The van der Waals surface area contributed by atoms with E-state index in [1.54, 1.807) is 0 Å². The lowest BCUT2D eigenvalue weighted by Gasteiger charge is -2.22. The average Bonchev–Trinajstić information content (AvgIpc) is 2.77. The maximum atomic E-state index is 4.46. The van der Waals surface area contributed by atoms with Crippen molar-refractivity contribution in [2.75, 3.05) is 13.1 Å². The van der Waals surface area contributed by atoms with Crippen LogP contribution in [0.15, 0.2) is 24.5 Å². The van der Waals surface area contributed by atoms with E-state index in [1.165, 1.54) is 18.4 Å². The first kappa shape index (κ1) is 8.92. The van der Waals surface area contributed by atoms with Crippen LogP contribution in [0.4, 0.5) is 0 Å². The highest BCUT2D eigenvalue weighted by molar-refractivity contribution is 5.75. The van der Waals surface area contributed by atoms with E-state index in [0.717, 1.165) is 24.1 Å². The Hall–Kier alpha value is -1.35. The first-order valence-corrected chi connectivity index (χ1v) is 5.57. The van der Waals surface area contributed by atoms with E-state index in [1.807, 2.05) is 18.5 Å². The second-order valence-corrected chi connectivity index (χ2v) is 4.22. The molecule has 0 spiro atoms. The Labute approximate surface area is 88.9 Å². The Morgan fingerprint density at radius 2 is 2.40 bits per heavy atom. The van der Waals surface area contributed by atoms with E-state index >= 15 is 0 Å². The number of aromatic amines is 1. The summed E-state index contributed by atoms with van der Waals surface area (Å²) >= 11 is 0. The molecule has 0 amide bonds. The highest BCUT2D eigenvalue weighted by Gasteiger charge is 2.15. The van der Waals surface area contributed by atoms with Crippen LogP contribution in [0.2, 0.25) is 0 Å². The van der Waals surface area contributed by atoms with Crippen molar-refractivity contribution in [2.45, 2.75) is 18.8 Å². The Bertz CT molecular complexity index is 455. The van der Waals surface area contributed by atoms with Gasteiger partial charge in [-0.05, 0) is 43.0 Å². The molecular weight excluding hydrogens is 186 g/mol. The third-order valence-electron chi connectivity index (χ3n) is 3.19. The number of hydrogen-bond donors (Lipinski definition) is 2. The Kier molecular flexibility index (Phi) is 2.18. The fraction of sp³-hybridized carbons (Fsp3) is 0.417. The van der Waals surface area contributed by atoms with Gasteiger partial charge in [0.2, 0.25) is 0 Å². The lowest BCUT2D eigenvalue weighted by Crippen LogP contribution is -2.28. The molecule has 1 aliphatic rings. The zero-order valence-electron chi connectivity index (χ0n) is 8.66. The predicted octanol–water partition coefficient (Wildman–Crippen LogP) is 2.03. The third-order valence-corrected chi connectivity index (χ3v) is 3.19. The smallest absolute Gasteiger partial charge is 0.0878 e. The van der Waals surface area contributed by atoms with Crippen molar-refractivity contribution in [3.05, 3.63) is 30.1 Å². The number of nitrogens with zero attached hydrogens (tertiary/aromatic N) is 1.